The molecular weight excluding hydrogens is 448 g/mol. The number of aryl methyl sites for hydroxylation is 2. The molecule has 0 heterocycles. The Labute approximate surface area is 193 Å². The van der Waals surface area contributed by atoms with E-state index in [1.165, 1.54) is 6.07 Å². The number of rotatable bonds is 8. The Bertz CT molecular complexity index is 1230. The van der Waals surface area contributed by atoms with Crippen LogP contribution in [-0.4, -0.2) is 27.5 Å². The largest absolute Gasteiger partial charge is 0.492 e. The lowest BCUT2D eigenvalue weighted by Gasteiger charge is -2.14. The quantitative estimate of drug-likeness (QED) is 0.458. The molecule has 0 saturated heterocycles. The molecule has 3 aromatic rings. The van der Waals surface area contributed by atoms with Crippen molar-refractivity contribution in [1.82, 2.24) is 5.32 Å². The number of amides is 1. The fourth-order valence-electron chi connectivity index (χ4n) is 3.06. The molecule has 0 fully saturated rings. The monoisotopic (exact) mass is 472 g/mol. The highest BCUT2D eigenvalue weighted by atomic mass is 35.5. The number of carbonyl (C=O) groups excluding carboxylic acids is 1. The summed E-state index contributed by atoms with van der Waals surface area (Å²) >= 11 is 5.84. The molecule has 0 radical (unpaired) electrons. The molecule has 0 aliphatic carbocycles. The van der Waals surface area contributed by atoms with Crippen LogP contribution in [0.2, 0.25) is 5.02 Å². The number of nitrogens with one attached hydrogen (secondary N) is 2. The van der Waals surface area contributed by atoms with Crippen molar-refractivity contribution in [2.75, 3.05) is 17.9 Å². The van der Waals surface area contributed by atoms with Crippen LogP contribution in [0, 0.1) is 20.8 Å². The maximum absolute atomic E-state index is 13.0. The molecule has 6 nitrogen and oxygen atoms in total. The summed E-state index contributed by atoms with van der Waals surface area (Å²) in [5, 5.41) is 3.35. The predicted octanol–water partition coefficient (Wildman–Crippen LogP) is 4.87. The normalized spacial score (nSPS) is 11.1. The van der Waals surface area contributed by atoms with Crippen molar-refractivity contribution >= 4 is 33.2 Å². The van der Waals surface area contributed by atoms with E-state index >= 15 is 0 Å². The number of carbonyl (C=O) groups is 1. The van der Waals surface area contributed by atoms with E-state index in [0.717, 1.165) is 11.1 Å². The van der Waals surface area contributed by atoms with Gasteiger partial charge in [-0.05, 0) is 79.9 Å². The molecule has 8 heteroatoms. The minimum absolute atomic E-state index is 0.0588. The molecule has 0 saturated carbocycles. The molecular formula is C24H25ClN2O4S. The zero-order valence-corrected chi connectivity index (χ0v) is 19.7. The first-order chi connectivity index (χ1) is 15.2. The van der Waals surface area contributed by atoms with Gasteiger partial charge in [0, 0.05) is 10.6 Å². The molecule has 0 bridgehead atoms. The number of ether oxygens (including phenoxy) is 1. The standard InChI is InChI=1S/C24H25ClN2O4S/c1-16-5-4-6-22(18(16)3)27-32(29,30)23-15-19(8-7-17(23)2)24(28)26-13-14-31-21-11-9-20(25)10-12-21/h4-12,15,27H,13-14H2,1-3H3,(H,26,28). The highest BCUT2D eigenvalue weighted by Gasteiger charge is 2.20. The van der Waals surface area contributed by atoms with Gasteiger partial charge in [-0.15, -0.1) is 0 Å². The van der Waals surface area contributed by atoms with E-state index in [1.807, 2.05) is 19.9 Å². The lowest BCUT2D eigenvalue weighted by Crippen LogP contribution is -2.28. The van der Waals surface area contributed by atoms with Gasteiger partial charge in [-0.2, -0.15) is 0 Å². The fraction of sp³-hybridized carbons (Fsp3) is 0.208. The summed E-state index contributed by atoms with van der Waals surface area (Å²) in [6, 6.07) is 17.0. The van der Waals surface area contributed by atoms with E-state index in [2.05, 4.69) is 10.0 Å². The molecule has 168 valence electrons. The minimum Gasteiger partial charge on any atom is -0.492 e. The molecule has 0 atom stereocenters. The summed E-state index contributed by atoms with van der Waals surface area (Å²) in [5.41, 5.74) is 3.15. The van der Waals surface area contributed by atoms with Crippen LogP contribution in [0.15, 0.2) is 65.6 Å². The average molecular weight is 473 g/mol. The van der Waals surface area contributed by atoms with Crippen molar-refractivity contribution in [3.8, 4) is 5.75 Å². The molecule has 3 rings (SSSR count). The van der Waals surface area contributed by atoms with E-state index in [-0.39, 0.29) is 29.5 Å². The Hall–Kier alpha value is -3.03. The molecule has 0 aromatic heterocycles. The Morgan fingerprint density at radius 1 is 0.969 bits per heavy atom. The molecule has 0 spiro atoms. The number of hydrogen-bond donors (Lipinski definition) is 2. The number of anilines is 1. The Balaban J connectivity index is 1.68. The van der Waals surface area contributed by atoms with Gasteiger partial charge in [0.1, 0.15) is 12.4 Å². The number of sulfonamides is 1. The lowest BCUT2D eigenvalue weighted by atomic mass is 10.1. The zero-order valence-electron chi connectivity index (χ0n) is 18.1. The van der Waals surface area contributed by atoms with Gasteiger partial charge >= 0.3 is 0 Å². The second kappa shape index (κ2) is 10.1. The first kappa shape index (κ1) is 23.6. The van der Waals surface area contributed by atoms with Crippen LogP contribution >= 0.6 is 11.6 Å². The highest BCUT2D eigenvalue weighted by molar-refractivity contribution is 7.92. The first-order valence-electron chi connectivity index (χ1n) is 10.0. The Morgan fingerprint density at radius 2 is 1.69 bits per heavy atom. The zero-order chi connectivity index (χ0) is 23.3. The van der Waals surface area contributed by atoms with E-state index in [1.54, 1.807) is 55.5 Å². The van der Waals surface area contributed by atoms with Gasteiger partial charge in [-0.1, -0.05) is 29.8 Å². The molecule has 0 aliphatic heterocycles. The molecule has 2 N–H and O–H groups in total. The number of hydrogen-bond acceptors (Lipinski definition) is 4. The van der Waals surface area contributed by atoms with Crippen molar-refractivity contribution in [2.24, 2.45) is 0 Å². The topological polar surface area (TPSA) is 84.5 Å². The fourth-order valence-corrected chi connectivity index (χ4v) is 4.58. The lowest BCUT2D eigenvalue weighted by molar-refractivity contribution is 0.0947. The number of halogens is 1. The Morgan fingerprint density at radius 3 is 2.41 bits per heavy atom. The van der Waals surface area contributed by atoms with E-state index < -0.39 is 10.0 Å². The molecule has 3 aromatic carbocycles. The second-order valence-corrected chi connectivity index (χ2v) is 9.48. The second-order valence-electron chi connectivity index (χ2n) is 7.39. The van der Waals surface area contributed by atoms with Gasteiger partial charge in [0.15, 0.2) is 0 Å². The summed E-state index contributed by atoms with van der Waals surface area (Å²) < 4.78 is 34.2. The third-order valence-corrected chi connectivity index (χ3v) is 6.82. The van der Waals surface area contributed by atoms with Crippen molar-refractivity contribution in [2.45, 2.75) is 25.7 Å². The number of benzene rings is 3. The van der Waals surface area contributed by atoms with Crippen LogP contribution in [0.1, 0.15) is 27.0 Å². The first-order valence-corrected chi connectivity index (χ1v) is 11.9. The van der Waals surface area contributed by atoms with Gasteiger partial charge < -0.3 is 10.1 Å². The molecule has 1 amide bonds. The highest BCUT2D eigenvalue weighted by Crippen LogP contribution is 2.24. The summed E-state index contributed by atoms with van der Waals surface area (Å²) in [7, 11) is -3.87. The van der Waals surface area contributed by atoms with Crippen LogP contribution in [0.4, 0.5) is 5.69 Å². The third kappa shape index (κ3) is 5.81. The van der Waals surface area contributed by atoms with Crippen LogP contribution in [-0.2, 0) is 10.0 Å². The van der Waals surface area contributed by atoms with Gasteiger partial charge in [0.2, 0.25) is 0 Å². The van der Waals surface area contributed by atoms with Crippen molar-refractivity contribution in [3.63, 3.8) is 0 Å². The van der Waals surface area contributed by atoms with E-state index in [0.29, 0.717) is 22.0 Å². The van der Waals surface area contributed by atoms with Crippen LogP contribution in [0.5, 0.6) is 5.75 Å². The van der Waals surface area contributed by atoms with Crippen LogP contribution < -0.4 is 14.8 Å². The predicted molar refractivity (Wildman–Crippen MR) is 127 cm³/mol. The summed E-state index contributed by atoms with van der Waals surface area (Å²) in [4.78, 5) is 12.6. The molecule has 0 unspecified atom stereocenters. The average Bonchev–Trinajstić information content (AvgIpc) is 2.75. The Kier molecular flexibility index (Phi) is 7.43. The van der Waals surface area contributed by atoms with E-state index in [4.69, 9.17) is 16.3 Å². The van der Waals surface area contributed by atoms with Crippen molar-refractivity contribution in [1.29, 1.82) is 0 Å². The van der Waals surface area contributed by atoms with Crippen LogP contribution in [0.3, 0.4) is 0 Å². The molecule has 32 heavy (non-hydrogen) atoms. The van der Waals surface area contributed by atoms with Gasteiger partial charge in [0.05, 0.1) is 17.1 Å². The SMILES string of the molecule is Cc1ccc(C(=O)NCCOc2ccc(Cl)cc2)cc1S(=O)(=O)Nc1cccc(C)c1C. The summed E-state index contributed by atoms with van der Waals surface area (Å²) in [6.07, 6.45) is 0. The summed E-state index contributed by atoms with van der Waals surface area (Å²) in [6.45, 7) is 5.99. The van der Waals surface area contributed by atoms with Crippen LogP contribution in [0.25, 0.3) is 0 Å². The smallest absolute Gasteiger partial charge is 0.262 e. The molecule has 0 aliphatic rings. The maximum atomic E-state index is 13.0. The summed E-state index contributed by atoms with van der Waals surface area (Å²) in [5.74, 6) is 0.262. The van der Waals surface area contributed by atoms with E-state index in [9.17, 15) is 13.2 Å². The van der Waals surface area contributed by atoms with Crippen molar-refractivity contribution < 1.29 is 17.9 Å². The van der Waals surface area contributed by atoms with Gasteiger partial charge in [-0.25, -0.2) is 8.42 Å². The maximum Gasteiger partial charge on any atom is 0.262 e. The third-order valence-electron chi connectivity index (χ3n) is 5.06. The van der Waals surface area contributed by atoms with Gasteiger partial charge in [-0.3, -0.25) is 9.52 Å². The van der Waals surface area contributed by atoms with Gasteiger partial charge in [0.25, 0.3) is 15.9 Å². The minimum atomic E-state index is -3.87. The van der Waals surface area contributed by atoms with Crippen molar-refractivity contribution in [3.05, 3.63) is 87.9 Å².